The fourth-order valence-corrected chi connectivity index (χ4v) is 2.47. The molecule has 1 aromatic heterocycles. The monoisotopic (exact) mass is 354 g/mol. The molecule has 0 spiro atoms. The molecule has 0 amide bonds. The van der Waals surface area contributed by atoms with Crippen LogP contribution in [0.1, 0.15) is 15.9 Å². The Morgan fingerprint density at radius 2 is 1.76 bits per heavy atom. The molecular weight excluding hydrogens is 340 g/mol. The van der Waals surface area contributed by atoms with Gasteiger partial charge < -0.3 is 15.7 Å². The van der Waals surface area contributed by atoms with Crippen LogP contribution in [0.25, 0.3) is 0 Å². The van der Waals surface area contributed by atoms with Crippen molar-refractivity contribution in [2.45, 2.75) is 6.54 Å². The topological polar surface area (TPSA) is 87.1 Å². The van der Waals surface area contributed by atoms with Crippen LogP contribution in [-0.2, 0) is 6.54 Å². The summed E-state index contributed by atoms with van der Waals surface area (Å²) in [6, 6.07) is 15.9. The van der Waals surface area contributed by atoms with Gasteiger partial charge in [-0.3, -0.25) is 0 Å². The van der Waals surface area contributed by atoms with Crippen LogP contribution in [0.5, 0.6) is 0 Å². The Hall–Kier alpha value is -3.12. The van der Waals surface area contributed by atoms with Crippen LogP contribution in [-0.4, -0.2) is 21.0 Å². The van der Waals surface area contributed by atoms with E-state index in [1.165, 1.54) is 12.4 Å². The normalized spacial score (nSPS) is 10.3. The van der Waals surface area contributed by atoms with Gasteiger partial charge in [-0.05, 0) is 23.8 Å². The summed E-state index contributed by atoms with van der Waals surface area (Å²) in [5.74, 6) is 0.0878. The maximum absolute atomic E-state index is 11.3. The molecule has 0 bridgehead atoms. The van der Waals surface area contributed by atoms with E-state index < -0.39 is 5.97 Å². The van der Waals surface area contributed by atoms with Crippen LogP contribution in [0.4, 0.5) is 17.3 Å². The minimum Gasteiger partial charge on any atom is -0.478 e. The second-order valence-electron chi connectivity index (χ2n) is 5.21. The highest BCUT2D eigenvalue weighted by molar-refractivity contribution is 6.31. The first kappa shape index (κ1) is 16.7. The lowest BCUT2D eigenvalue weighted by atomic mass is 10.2. The zero-order valence-electron chi connectivity index (χ0n) is 13.1. The number of anilines is 3. The van der Waals surface area contributed by atoms with E-state index in [0.717, 1.165) is 5.56 Å². The molecule has 0 atom stereocenters. The molecule has 0 radical (unpaired) electrons. The summed E-state index contributed by atoms with van der Waals surface area (Å²) in [5, 5.41) is 16.1. The molecule has 126 valence electrons. The third kappa shape index (κ3) is 4.24. The first-order valence-electron chi connectivity index (χ1n) is 7.52. The van der Waals surface area contributed by atoms with Gasteiger partial charge in [0.15, 0.2) is 0 Å². The number of para-hydroxylation sites is 1. The molecule has 0 unspecified atom stereocenters. The van der Waals surface area contributed by atoms with Crippen LogP contribution in [0.2, 0.25) is 5.02 Å². The molecule has 3 rings (SSSR count). The predicted molar refractivity (Wildman–Crippen MR) is 97.5 cm³/mol. The predicted octanol–water partition coefficient (Wildman–Crippen LogP) is 4.18. The van der Waals surface area contributed by atoms with E-state index in [4.69, 9.17) is 11.6 Å². The number of carboxylic acid groups (broad SMARTS) is 1. The third-order valence-electron chi connectivity index (χ3n) is 3.51. The fourth-order valence-electron chi connectivity index (χ4n) is 2.27. The zero-order chi connectivity index (χ0) is 17.6. The second-order valence-corrected chi connectivity index (χ2v) is 5.62. The van der Waals surface area contributed by atoms with Crippen molar-refractivity contribution in [3.8, 4) is 0 Å². The number of rotatable bonds is 6. The molecule has 0 saturated heterocycles. The van der Waals surface area contributed by atoms with E-state index in [1.807, 2.05) is 24.3 Å². The van der Waals surface area contributed by atoms with Crippen LogP contribution in [0.15, 0.2) is 60.9 Å². The van der Waals surface area contributed by atoms with Gasteiger partial charge in [-0.15, -0.1) is 0 Å². The largest absolute Gasteiger partial charge is 0.478 e. The summed E-state index contributed by atoms with van der Waals surface area (Å²) in [6.45, 7) is 0.516. The lowest BCUT2D eigenvalue weighted by molar-refractivity contribution is 0.0698. The smallest absolute Gasteiger partial charge is 0.337 e. The highest BCUT2D eigenvalue weighted by atomic mass is 35.5. The molecule has 3 aromatic rings. The van der Waals surface area contributed by atoms with Crippen LogP contribution in [0.3, 0.4) is 0 Å². The number of benzene rings is 2. The van der Waals surface area contributed by atoms with Crippen molar-refractivity contribution in [2.75, 3.05) is 10.6 Å². The molecule has 1 heterocycles. The summed E-state index contributed by atoms with van der Waals surface area (Å²) in [6.07, 6.45) is 1.40. The van der Waals surface area contributed by atoms with E-state index in [0.29, 0.717) is 28.9 Å². The second kappa shape index (κ2) is 7.63. The molecule has 3 N–H and O–H groups in total. The van der Waals surface area contributed by atoms with E-state index in [-0.39, 0.29) is 5.56 Å². The van der Waals surface area contributed by atoms with Crippen molar-refractivity contribution in [3.05, 3.63) is 77.1 Å². The molecule has 0 saturated carbocycles. The summed E-state index contributed by atoms with van der Waals surface area (Å²) >= 11 is 6.14. The summed E-state index contributed by atoms with van der Waals surface area (Å²) < 4.78 is 0. The number of carbonyl (C=O) groups is 1. The first-order valence-corrected chi connectivity index (χ1v) is 7.90. The molecule has 0 aliphatic heterocycles. The van der Waals surface area contributed by atoms with Gasteiger partial charge >= 0.3 is 5.97 Å². The lowest BCUT2D eigenvalue weighted by Gasteiger charge is -2.11. The van der Waals surface area contributed by atoms with Crippen molar-refractivity contribution in [1.82, 2.24) is 9.97 Å². The number of nitrogens with one attached hydrogen (secondary N) is 2. The molecule has 25 heavy (non-hydrogen) atoms. The van der Waals surface area contributed by atoms with Crippen molar-refractivity contribution in [3.63, 3.8) is 0 Å². The quantitative estimate of drug-likeness (QED) is 0.615. The first-order chi connectivity index (χ1) is 12.1. The number of hydrogen-bond acceptors (Lipinski definition) is 5. The molecule has 2 aromatic carbocycles. The number of hydrogen-bond donors (Lipinski definition) is 3. The molecule has 0 aliphatic rings. The number of carboxylic acids is 1. The highest BCUT2D eigenvalue weighted by Gasteiger charge is 2.10. The minimum absolute atomic E-state index is 0.173. The summed E-state index contributed by atoms with van der Waals surface area (Å²) in [7, 11) is 0. The van der Waals surface area contributed by atoms with Gasteiger partial charge in [0, 0.05) is 17.6 Å². The van der Waals surface area contributed by atoms with Crippen LogP contribution in [0, 0.1) is 0 Å². The summed E-state index contributed by atoms with van der Waals surface area (Å²) in [5.41, 5.74) is 1.59. The van der Waals surface area contributed by atoms with Gasteiger partial charge in [-0.2, -0.15) is 0 Å². The fraction of sp³-hybridized carbons (Fsp3) is 0.0556. The Bertz CT molecular complexity index is 902. The van der Waals surface area contributed by atoms with Crippen molar-refractivity contribution in [1.29, 1.82) is 0 Å². The van der Waals surface area contributed by atoms with E-state index in [2.05, 4.69) is 20.6 Å². The van der Waals surface area contributed by atoms with Gasteiger partial charge in [-0.1, -0.05) is 41.9 Å². The Balaban J connectivity index is 1.74. The Morgan fingerprint density at radius 1 is 1.04 bits per heavy atom. The molecule has 0 aliphatic carbocycles. The SMILES string of the molecule is O=C(O)c1ccccc1Nc1cc(NCc2ccccc2Cl)ncn1. The van der Waals surface area contributed by atoms with E-state index in [1.54, 1.807) is 24.3 Å². The van der Waals surface area contributed by atoms with Crippen LogP contribution < -0.4 is 10.6 Å². The maximum atomic E-state index is 11.3. The van der Waals surface area contributed by atoms with Crippen LogP contribution >= 0.6 is 11.6 Å². The molecular formula is C18H15ClN4O2. The van der Waals surface area contributed by atoms with Crippen molar-refractivity contribution >= 4 is 34.9 Å². The molecule has 7 heteroatoms. The standard InChI is InChI=1S/C18H15ClN4O2/c19-14-7-3-1-5-12(14)10-20-16-9-17(22-11-21-16)23-15-8-4-2-6-13(15)18(24)25/h1-9,11H,10H2,(H,24,25)(H2,20,21,22,23). The van der Waals surface area contributed by atoms with Gasteiger partial charge in [0.1, 0.15) is 18.0 Å². The number of nitrogens with zero attached hydrogens (tertiary/aromatic N) is 2. The number of aromatic carboxylic acids is 1. The van der Waals surface area contributed by atoms with Gasteiger partial charge in [0.25, 0.3) is 0 Å². The zero-order valence-corrected chi connectivity index (χ0v) is 13.9. The van der Waals surface area contributed by atoms with Gasteiger partial charge in [0.2, 0.25) is 0 Å². The lowest BCUT2D eigenvalue weighted by Crippen LogP contribution is -2.05. The Kier molecular flexibility index (Phi) is 5.11. The number of halogens is 1. The third-order valence-corrected chi connectivity index (χ3v) is 3.87. The average Bonchev–Trinajstić information content (AvgIpc) is 2.62. The average molecular weight is 355 g/mol. The Morgan fingerprint density at radius 3 is 2.56 bits per heavy atom. The van der Waals surface area contributed by atoms with Gasteiger partial charge in [0.05, 0.1) is 11.3 Å². The van der Waals surface area contributed by atoms with Crippen molar-refractivity contribution < 1.29 is 9.90 Å². The highest BCUT2D eigenvalue weighted by Crippen LogP contribution is 2.21. The minimum atomic E-state index is -1.01. The van der Waals surface area contributed by atoms with E-state index in [9.17, 15) is 9.90 Å². The van der Waals surface area contributed by atoms with Gasteiger partial charge in [-0.25, -0.2) is 14.8 Å². The molecule has 6 nitrogen and oxygen atoms in total. The maximum Gasteiger partial charge on any atom is 0.337 e. The van der Waals surface area contributed by atoms with Crippen molar-refractivity contribution in [2.24, 2.45) is 0 Å². The van der Waals surface area contributed by atoms with E-state index >= 15 is 0 Å². The number of aromatic nitrogens is 2. The molecule has 0 fully saturated rings. The Labute approximate surface area is 149 Å². The summed E-state index contributed by atoms with van der Waals surface area (Å²) in [4.78, 5) is 19.6.